The summed E-state index contributed by atoms with van der Waals surface area (Å²) in [5.74, 6) is 0.457. The van der Waals surface area contributed by atoms with Crippen LogP contribution in [0.3, 0.4) is 0 Å². The Kier molecular flexibility index (Phi) is 9.89. The number of rotatable bonds is 10. The van der Waals surface area contributed by atoms with E-state index in [-0.39, 0.29) is 24.1 Å². The van der Waals surface area contributed by atoms with Gasteiger partial charge in [0.2, 0.25) is 5.91 Å². The van der Waals surface area contributed by atoms with Crippen LogP contribution in [0.2, 0.25) is 0 Å². The van der Waals surface area contributed by atoms with Gasteiger partial charge < -0.3 is 9.47 Å². The topological polar surface area (TPSA) is 97.0 Å². The van der Waals surface area contributed by atoms with E-state index in [1.54, 1.807) is 49.5 Å². The van der Waals surface area contributed by atoms with Crippen molar-refractivity contribution < 1.29 is 23.9 Å². The molecular formula is C26H29N3O5S2. The predicted octanol–water partition coefficient (Wildman–Crippen LogP) is 4.24. The third-order valence-electron chi connectivity index (χ3n) is 5.57. The first-order valence-electron chi connectivity index (χ1n) is 11.5. The van der Waals surface area contributed by atoms with Crippen LogP contribution in [0, 0.1) is 6.92 Å². The molecule has 190 valence electrons. The zero-order valence-electron chi connectivity index (χ0n) is 20.5. The van der Waals surface area contributed by atoms with E-state index < -0.39 is 0 Å². The van der Waals surface area contributed by atoms with E-state index in [9.17, 15) is 14.4 Å². The monoisotopic (exact) mass is 527 g/mol. The van der Waals surface area contributed by atoms with Crippen molar-refractivity contribution >= 4 is 52.1 Å². The summed E-state index contributed by atoms with van der Waals surface area (Å²) in [6, 6.07) is 12.6. The van der Waals surface area contributed by atoms with Crippen molar-refractivity contribution in [2.75, 3.05) is 20.8 Å². The molecule has 2 aromatic rings. The van der Waals surface area contributed by atoms with Gasteiger partial charge in [0.15, 0.2) is 11.5 Å². The summed E-state index contributed by atoms with van der Waals surface area (Å²) < 4.78 is 11.1. The fourth-order valence-corrected chi connectivity index (χ4v) is 4.91. The van der Waals surface area contributed by atoms with Gasteiger partial charge in [0.05, 0.1) is 19.1 Å². The molecule has 0 radical (unpaired) electrons. The van der Waals surface area contributed by atoms with Crippen molar-refractivity contribution in [3.63, 3.8) is 0 Å². The Labute approximate surface area is 220 Å². The van der Waals surface area contributed by atoms with Crippen LogP contribution in [-0.4, -0.2) is 47.7 Å². The lowest BCUT2D eigenvalue weighted by Crippen LogP contribution is -2.41. The van der Waals surface area contributed by atoms with Crippen molar-refractivity contribution in [1.29, 1.82) is 0 Å². The fraction of sp³-hybridized carbons (Fsp3) is 0.308. The lowest BCUT2D eigenvalue weighted by Gasteiger charge is -2.14. The number of thioether (sulfide) groups is 1. The van der Waals surface area contributed by atoms with E-state index in [4.69, 9.17) is 21.7 Å². The lowest BCUT2D eigenvalue weighted by molar-refractivity contribution is -0.123. The van der Waals surface area contributed by atoms with Gasteiger partial charge in [-0.2, -0.15) is 0 Å². The molecule has 3 amide bonds. The molecule has 0 bridgehead atoms. The Balaban J connectivity index is 1.41. The first kappa shape index (κ1) is 27.2. The van der Waals surface area contributed by atoms with Crippen molar-refractivity contribution in [3.8, 4) is 11.5 Å². The summed E-state index contributed by atoms with van der Waals surface area (Å²) in [5, 5.41) is 0. The second kappa shape index (κ2) is 13.1. The normalized spacial score (nSPS) is 14.2. The minimum Gasteiger partial charge on any atom is -0.493 e. The quantitative estimate of drug-likeness (QED) is 0.207. The van der Waals surface area contributed by atoms with Crippen LogP contribution in [0.15, 0.2) is 47.4 Å². The first-order valence-corrected chi connectivity index (χ1v) is 12.7. The highest BCUT2D eigenvalue weighted by molar-refractivity contribution is 8.26. The molecule has 3 rings (SSSR count). The predicted molar refractivity (Wildman–Crippen MR) is 145 cm³/mol. The lowest BCUT2D eigenvalue weighted by atomic mass is 10.1. The summed E-state index contributed by atoms with van der Waals surface area (Å²) in [4.78, 5) is 39.2. The Morgan fingerprint density at radius 3 is 2.50 bits per heavy atom. The van der Waals surface area contributed by atoms with Crippen LogP contribution in [-0.2, 0) is 9.59 Å². The van der Waals surface area contributed by atoms with Crippen molar-refractivity contribution in [2.45, 2.75) is 32.6 Å². The molecule has 2 aromatic carbocycles. The largest absolute Gasteiger partial charge is 0.493 e. The summed E-state index contributed by atoms with van der Waals surface area (Å²) in [6.45, 7) is 2.32. The van der Waals surface area contributed by atoms with Crippen molar-refractivity contribution in [2.24, 2.45) is 0 Å². The number of unbranched alkanes of at least 4 members (excludes halogenated alkanes) is 2. The first-order chi connectivity index (χ1) is 17.3. The van der Waals surface area contributed by atoms with Gasteiger partial charge in [-0.1, -0.05) is 54.7 Å². The summed E-state index contributed by atoms with van der Waals surface area (Å²) in [7, 11) is 3.13. The molecule has 0 aromatic heterocycles. The highest BCUT2D eigenvalue weighted by Crippen LogP contribution is 2.34. The number of benzene rings is 2. The summed E-state index contributed by atoms with van der Waals surface area (Å²) in [6.07, 6.45) is 4.13. The van der Waals surface area contributed by atoms with E-state index in [2.05, 4.69) is 10.9 Å². The highest BCUT2D eigenvalue weighted by Gasteiger charge is 2.31. The van der Waals surface area contributed by atoms with Gasteiger partial charge >= 0.3 is 0 Å². The molecule has 2 N–H and O–H groups in total. The molecule has 10 heteroatoms. The minimum atomic E-state index is -0.350. The van der Waals surface area contributed by atoms with E-state index >= 15 is 0 Å². The summed E-state index contributed by atoms with van der Waals surface area (Å²) in [5.41, 5.74) is 7.05. The molecule has 0 spiro atoms. The Bertz CT molecular complexity index is 1180. The van der Waals surface area contributed by atoms with E-state index in [1.807, 2.05) is 25.1 Å². The number of carbonyl (C=O) groups excluding carboxylic acids is 3. The van der Waals surface area contributed by atoms with Gasteiger partial charge in [-0.15, -0.1) is 0 Å². The molecule has 0 unspecified atom stereocenters. The smallest absolute Gasteiger partial charge is 0.269 e. The number of amides is 3. The third kappa shape index (κ3) is 7.08. The van der Waals surface area contributed by atoms with Gasteiger partial charge in [-0.05, 0) is 55.2 Å². The van der Waals surface area contributed by atoms with Gasteiger partial charge in [0, 0.05) is 18.5 Å². The molecule has 1 aliphatic heterocycles. The van der Waals surface area contributed by atoms with Crippen molar-refractivity contribution in [3.05, 3.63) is 64.1 Å². The number of hydrogen-bond donors (Lipinski definition) is 2. The molecule has 1 heterocycles. The Morgan fingerprint density at radius 2 is 1.78 bits per heavy atom. The standard InChI is InChI=1S/C26H29N3O5S2/c1-17-9-6-7-10-19(17)24(31)28-27-23(30)11-5-4-8-14-29-25(32)22(36-26(29)35)16-18-12-13-20(33-2)21(15-18)34-3/h6-7,9-10,12-13,15-16H,4-5,8,11,14H2,1-3H3,(H,27,30)(H,28,31). The zero-order valence-corrected chi connectivity index (χ0v) is 22.1. The van der Waals surface area contributed by atoms with Gasteiger partial charge in [-0.3, -0.25) is 30.1 Å². The number of ether oxygens (including phenoxy) is 2. The van der Waals surface area contributed by atoms with Gasteiger partial charge in [0.25, 0.3) is 11.8 Å². The number of methoxy groups -OCH3 is 2. The molecule has 0 atom stereocenters. The molecular weight excluding hydrogens is 498 g/mol. The molecule has 1 fully saturated rings. The Hall–Kier alpha value is -3.37. The summed E-state index contributed by atoms with van der Waals surface area (Å²) >= 11 is 6.67. The molecule has 0 aliphatic carbocycles. The number of aryl methyl sites for hydroxylation is 1. The van der Waals surface area contributed by atoms with Gasteiger partial charge in [0.1, 0.15) is 4.32 Å². The number of hydrazine groups is 1. The maximum absolute atomic E-state index is 12.8. The second-order valence-corrected chi connectivity index (χ2v) is 9.75. The average Bonchev–Trinajstić information content (AvgIpc) is 3.14. The molecule has 36 heavy (non-hydrogen) atoms. The molecule has 8 nitrogen and oxygen atoms in total. The van der Waals surface area contributed by atoms with Crippen LogP contribution >= 0.6 is 24.0 Å². The molecule has 1 saturated heterocycles. The average molecular weight is 528 g/mol. The third-order valence-corrected chi connectivity index (χ3v) is 6.95. The molecule has 0 saturated carbocycles. The molecule has 1 aliphatic rings. The Morgan fingerprint density at radius 1 is 1.03 bits per heavy atom. The maximum Gasteiger partial charge on any atom is 0.269 e. The number of hydrogen-bond acceptors (Lipinski definition) is 7. The van der Waals surface area contributed by atoms with E-state index in [0.29, 0.717) is 45.7 Å². The van der Waals surface area contributed by atoms with Crippen LogP contribution in [0.5, 0.6) is 11.5 Å². The van der Waals surface area contributed by atoms with Crippen LogP contribution < -0.4 is 20.3 Å². The zero-order chi connectivity index (χ0) is 26.1. The maximum atomic E-state index is 12.8. The van der Waals surface area contributed by atoms with Crippen LogP contribution in [0.25, 0.3) is 6.08 Å². The number of nitrogens with one attached hydrogen (secondary N) is 2. The minimum absolute atomic E-state index is 0.128. The number of nitrogens with zero attached hydrogens (tertiary/aromatic N) is 1. The second-order valence-electron chi connectivity index (χ2n) is 8.08. The fourth-order valence-electron chi connectivity index (χ4n) is 3.60. The van der Waals surface area contributed by atoms with Crippen molar-refractivity contribution in [1.82, 2.24) is 15.8 Å². The van der Waals surface area contributed by atoms with E-state index in [0.717, 1.165) is 17.5 Å². The van der Waals surface area contributed by atoms with Crippen LogP contribution in [0.1, 0.15) is 47.2 Å². The van der Waals surface area contributed by atoms with Crippen LogP contribution in [0.4, 0.5) is 0 Å². The van der Waals surface area contributed by atoms with Gasteiger partial charge in [-0.25, -0.2) is 0 Å². The SMILES string of the molecule is COc1ccc(C=C2SC(=S)N(CCCCCC(=O)NNC(=O)c3ccccc3C)C2=O)cc1OC. The number of carbonyl (C=O) groups is 3. The van der Waals surface area contributed by atoms with E-state index in [1.165, 1.54) is 11.8 Å². The highest BCUT2D eigenvalue weighted by atomic mass is 32.2. The number of thiocarbonyl (C=S) groups is 1.